The summed E-state index contributed by atoms with van der Waals surface area (Å²) in [6.07, 6.45) is 1.60. The minimum Gasteiger partial charge on any atom is -0.376 e. The summed E-state index contributed by atoms with van der Waals surface area (Å²) in [5, 5.41) is 3.54. The summed E-state index contributed by atoms with van der Waals surface area (Å²) in [5.41, 5.74) is 2.80. The van der Waals surface area contributed by atoms with Crippen LogP contribution >= 0.6 is 0 Å². The zero-order chi connectivity index (χ0) is 15.1. The molecule has 0 bridgehead atoms. The van der Waals surface area contributed by atoms with Crippen LogP contribution in [0.25, 0.3) is 0 Å². The number of rotatable bonds is 7. The van der Waals surface area contributed by atoms with Gasteiger partial charge in [0.25, 0.3) is 0 Å². The Morgan fingerprint density at radius 2 is 2.14 bits per heavy atom. The smallest absolute Gasteiger partial charge is 0.0674 e. The standard InChI is InChI=1S/C18H30N2O/c1-15(2)7-8-19-12-17-5-4-6-18(11-17)14-20-9-10-21-16(3)13-20/h4-6,11,15-16,19H,7-10,12-14H2,1-3H3. The van der Waals surface area contributed by atoms with Crippen LogP contribution in [0, 0.1) is 5.92 Å². The lowest BCUT2D eigenvalue weighted by molar-refractivity contribution is -0.0212. The third kappa shape index (κ3) is 6.16. The molecule has 1 unspecified atom stereocenters. The Kier molecular flexibility index (Phi) is 6.68. The molecule has 3 nitrogen and oxygen atoms in total. The maximum absolute atomic E-state index is 5.60. The fraction of sp³-hybridized carbons (Fsp3) is 0.667. The molecule has 1 saturated heterocycles. The minimum atomic E-state index is 0.361. The quantitative estimate of drug-likeness (QED) is 0.781. The summed E-state index contributed by atoms with van der Waals surface area (Å²) in [5.74, 6) is 0.771. The first-order valence-corrected chi connectivity index (χ1v) is 8.26. The predicted octanol–water partition coefficient (Wildman–Crippen LogP) is 3.04. The number of hydrogen-bond donors (Lipinski definition) is 1. The Hall–Kier alpha value is -0.900. The predicted molar refractivity (Wildman–Crippen MR) is 88.3 cm³/mol. The number of morpholine rings is 1. The number of benzene rings is 1. The SMILES string of the molecule is CC(C)CCNCc1cccc(CN2CCOC(C)C2)c1. The van der Waals surface area contributed by atoms with Gasteiger partial charge in [-0.2, -0.15) is 0 Å². The van der Waals surface area contributed by atoms with Gasteiger partial charge in [0.1, 0.15) is 0 Å². The largest absolute Gasteiger partial charge is 0.376 e. The number of nitrogens with zero attached hydrogens (tertiary/aromatic N) is 1. The molecule has 1 aromatic carbocycles. The van der Waals surface area contributed by atoms with E-state index in [-0.39, 0.29) is 0 Å². The van der Waals surface area contributed by atoms with Crippen molar-refractivity contribution in [1.82, 2.24) is 10.2 Å². The number of hydrogen-bond acceptors (Lipinski definition) is 3. The van der Waals surface area contributed by atoms with Gasteiger partial charge in [0.15, 0.2) is 0 Å². The van der Waals surface area contributed by atoms with Gasteiger partial charge in [-0.3, -0.25) is 4.90 Å². The van der Waals surface area contributed by atoms with Gasteiger partial charge in [-0.1, -0.05) is 38.1 Å². The Morgan fingerprint density at radius 3 is 2.90 bits per heavy atom. The molecule has 0 saturated carbocycles. The van der Waals surface area contributed by atoms with Crippen LogP contribution in [-0.4, -0.2) is 37.2 Å². The molecule has 1 atom stereocenters. The molecular formula is C18H30N2O. The highest BCUT2D eigenvalue weighted by atomic mass is 16.5. The normalized spacial score (nSPS) is 20.1. The van der Waals surface area contributed by atoms with E-state index >= 15 is 0 Å². The molecule has 1 N–H and O–H groups in total. The molecule has 3 heteroatoms. The Labute approximate surface area is 129 Å². The lowest BCUT2D eigenvalue weighted by Gasteiger charge is -2.31. The van der Waals surface area contributed by atoms with Crippen LogP contribution in [0.4, 0.5) is 0 Å². The molecule has 118 valence electrons. The van der Waals surface area contributed by atoms with Gasteiger partial charge >= 0.3 is 0 Å². The van der Waals surface area contributed by atoms with Crippen LogP contribution in [-0.2, 0) is 17.8 Å². The van der Waals surface area contributed by atoms with E-state index in [1.165, 1.54) is 17.5 Å². The topological polar surface area (TPSA) is 24.5 Å². The highest BCUT2D eigenvalue weighted by molar-refractivity contribution is 5.23. The van der Waals surface area contributed by atoms with Crippen LogP contribution in [0.2, 0.25) is 0 Å². The maximum Gasteiger partial charge on any atom is 0.0674 e. The Bertz CT molecular complexity index is 419. The first-order chi connectivity index (χ1) is 10.1. The van der Waals surface area contributed by atoms with E-state index in [0.29, 0.717) is 6.10 Å². The van der Waals surface area contributed by atoms with Gasteiger partial charge < -0.3 is 10.1 Å². The van der Waals surface area contributed by atoms with E-state index in [1.54, 1.807) is 0 Å². The second-order valence-electron chi connectivity index (χ2n) is 6.60. The van der Waals surface area contributed by atoms with Crippen molar-refractivity contribution in [2.24, 2.45) is 5.92 Å². The van der Waals surface area contributed by atoms with Crippen LogP contribution in [0.5, 0.6) is 0 Å². The maximum atomic E-state index is 5.60. The molecule has 0 aromatic heterocycles. The molecule has 0 aliphatic carbocycles. The molecule has 1 aliphatic heterocycles. The minimum absolute atomic E-state index is 0.361. The van der Waals surface area contributed by atoms with E-state index < -0.39 is 0 Å². The van der Waals surface area contributed by atoms with Crippen molar-refractivity contribution in [2.45, 2.75) is 46.4 Å². The molecule has 1 fully saturated rings. The van der Waals surface area contributed by atoms with Gasteiger partial charge in [-0.15, -0.1) is 0 Å². The molecule has 0 radical (unpaired) electrons. The lowest BCUT2D eigenvalue weighted by atomic mass is 10.1. The average molecular weight is 290 g/mol. The second kappa shape index (κ2) is 8.52. The third-order valence-electron chi connectivity index (χ3n) is 3.95. The van der Waals surface area contributed by atoms with Crippen LogP contribution in [0.15, 0.2) is 24.3 Å². The van der Waals surface area contributed by atoms with Crippen LogP contribution in [0.1, 0.15) is 38.3 Å². The van der Waals surface area contributed by atoms with Gasteiger partial charge in [-0.25, -0.2) is 0 Å². The molecule has 0 spiro atoms. The van der Waals surface area contributed by atoms with Gasteiger partial charge in [0, 0.05) is 26.2 Å². The van der Waals surface area contributed by atoms with E-state index in [1.807, 2.05) is 0 Å². The van der Waals surface area contributed by atoms with Gasteiger partial charge in [0.05, 0.1) is 12.7 Å². The monoisotopic (exact) mass is 290 g/mol. The summed E-state index contributed by atoms with van der Waals surface area (Å²) >= 11 is 0. The molecule has 21 heavy (non-hydrogen) atoms. The second-order valence-corrected chi connectivity index (χ2v) is 6.60. The van der Waals surface area contributed by atoms with E-state index in [9.17, 15) is 0 Å². The third-order valence-corrected chi connectivity index (χ3v) is 3.95. The summed E-state index contributed by atoms with van der Waals surface area (Å²) in [6.45, 7) is 12.7. The lowest BCUT2D eigenvalue weighted by Crippen LogP contribution is -2.40. The van der Waals surface area contributed by atoms with Crippen molar-refractivity contribution >= 4 is 0 Å². The van der Waals surface area contributed by atoms with E-state index in [4.69, 9.17) is 4.74 Å². The van der Waals surface area contributed by atoms with Gasteiger partial charge in [-0.05, 0) is 36.9 Å². The van der Waals surface area contributed by atoms with Crippen molar-refractivity contribution in [3.05, 3.63) is 35.4 Å². The zero-order valence-electron chi connectivity index (χ0n) is 13.8. The average Bonchev–Trinajstić information content (AvgIpc) is 2.44. The fourth-order valence-corrected chi connectivity index (χ4v) is 2.75. The zero-order valence-corrected chi connectivity index (χ0v) is 13.8. The number of nitrogens with one attached hydrogen (secondary N) is 1. The molecule has 1 heterocycles. The van der Waals surface area contributed by atoms with Crippen molar-refractivity contribution in [3.63, 3.8) is 0 Å². The van der Waals surface area contributed by atoms with Crippen molar-refractivity contribution < 1.29 is 4.74 Å². The summed E-state index contributed by atoms with van der Waals surface area (Å²) < 4.78 is 5.60. The van der Waals surface area contributed by atoms with E-state index in [2.05, 4.69) is 55.3 Å². The number of ether oxygens (including phenoxy) is 1. The summed E-state index contributed by atoms with van der Waals surface area (Å²) in [7, 11) is 0. The molecular weight excluding hydrogens is 260 g/mol. The van der Waals surface area contributed by atoms with Crippen molar-refractivity contribution in [2.75, 3.05) is 26.2 Å². The highest BCUT2D eigenvalue weighted by Gasteiger charge is 2.16. The first-order valence-electron chi connectivity index (χ1n) is 8.26. The van der Waals surface area contributed by atoms with Gasteiger partial charge in [0.2, 0.25) is 0 Å². The van der Waals surface area contributed by atoms with Crippen molar-refractivity contribution in [1.29, 1.82) is 0 Å². The Balaban J connectivity index is 1.80. The molecule has 1 aliphatic rings. The summed E-state index contributed by atoms with van der Waals surface area (Å²) in [6, 6.07) is 8.97. The fourth-order valence-electron chi connectivity index (χ4n) is 2.75. The van der Waals surface area contributed by atoms with E-state index in [0.717, 1.165) is 45.2 Å². The molecule has 2 rings (SSSR count). The van der Waals surface area contributed by atoms with Crippen molar-refractivity contribution in [3.8, 4) is 0 Å². The molecule has 1 aromatic rings. The molecule has 0 amide bonds. The first kappa shape index (κ1) is 16.5. The summed E-state index contributed by atoms with van der Waals surface area (Å²) in [4.78, 5) is 2.49. The highest BCUT2D eigenvalue weighted by Crippen LogP contribution is 2.12. The Morgan fingerprint density at radius 1 is 1.33 bits per heavy atom. The van der Waals surface area contributed by atoms with Crippen LogP contribution < -0.4 is 5.32 Å². The van der Waals surface area contributed by atoms with Crippen LogP contribution in [0.3, 0.4) is 0 Å².